The maximum absolute atomic E-state index is 11.5. The first-order valence-corrected chi connectivity index (χ1v) is 6.25. The van der Waals surface area contributed by atoms with E-state index in [0.29, 0.717) is 13.0 Å². The Morgan fingerprint density at radius 2 is 2.06 bits per heavy atom. The third-order valence-electron chi connectivity index (χ3n) is 2.19. The molecule has 0 aliphatic carbocycles. The van der Waals surface area contributed by atoms with Gasteiger partial charge in [-0.25, -0.2) is 0 Å². The van der Waals surface area contributed by atoms with Crippen molar-refractivity contribution in [2.24, 2.45) is 0 Å². The zero-order chi connectivity index (χ0) is 11.8. The van der Waals surface area contributed by atoms with Crippen molar-refractivity contribution in [3.05, 3.63) is 30.3 Å². The number of carbonyl (C=O) groups is 1. The van der Waals surface area contributed by atoms with Crippen LogP contribution in [0.1, 0.15) is 6.42 Å². The van der Waals surface area contributed by atoms with Crippen molar-refractivity contribution in [1.82, 2.24) is 4.90 Å². The van der Waals surface area contributed by atoms with Crippen LogP contribution in [0.25, 0.3) is 0 Å². The Morgan fingerprint density at radius 1 is 1.38 bits per heavy atom. The smallest absolute Gasteiger partial charge is 0.223 e. The van der Waals surface area contributed by atoms with E-state index in [1.807, 2.05) is 30.3 Å². The van der Waals surface area contributed by atoms with Crippen LogP contribution < -0.4 is 0 Å². The molecule has 0 unspecified atom stereocenters. The molecule has 1 aromatic carbocycles. The summed E-state index contributed by atoms with van der Waals surface area (Å²) in [5.41, 5.74) is 0. The Balaban J connectivity index is 2.23. The number of likely N-dealkylation sites (N-methyl/N-ethyl adjacent to an activating group) is 1. The monoisotopic (exact) mass is 239 g/mol. The molecule has 0 saturated carbocycles. The third-order valence-corrected chi connectivity index (χ3v) is 3.20. The molecule has 0 spiro atoms. The van der Waals surface area contributed by atoms with Gasteiger partial charge in [-0.3, -0.25) is 4.79 Å². The fraction of sp³-hybridized carbons (Fsp3) is 0.417. The minimum Gasteiger partial charge on any atom is -0.395 e. The first kappa shape index (κ1) is 13.1. The summed E-state index contributed by atoms with van der Waals surface area (Å²) in [7, 11) is 1.71. The van der Waals surface area contributed by atoms with Crippen molar-refractivity contribution < 1.29 is 9.90 Å². The quantitative estimate of drug-likeness (QED) is 0.767. The highest BCUT2D eigenvalue weighted by atomic mass is 32.2. The lowest BCUT2D eigenvalue weighted by Crippen LogP contribution is -2.29. The van der Waals surface area contributed by atoms with E-state index in [2.05, 4.69) is 0 Å². The van der Waals surface area contributed by atoms with Gasteiger partial charge in [-0.15, -0.1) is 11.8 Å². The number of hydrogen-bond donors (Lipinski definition) is 1. The molecule has 1 amide bonds. The van der Waals surface area contributed by atoms with Gasteiger partial charge in [0.15, 0.2) is 0 Å². The largest absolute Gasteiger partial charge is 0.395 e. The summed E-state index contributed by atoms with van der Waals surface area (Å²) in [6.07, 6.45) is 0.510. The van der Waals surface area contributed by atoms with E-state index >= 15 is 0 Å². The van der Waals surface area contributed by atoms with Crippen molar-refractivity contribution in [3.63, 3.8) is 0 Å². The van der Waals surface area contributed by atoms with Crippen molar-refractivity contribution in [2.45, 2.75) is 11.3 Å². The van der Waals surface area contributed by atoms with E-state index in [1.165, 1.54) is 4.90 Å². The van der Waals surface area contributed by atoms with Crippen LogP contribution in [0.2, 0.25) is 0 Å². The fourth-order valence-corrected chi connectivity index (χ4v) is 2.10. The lowest BCUT2D eigenvalue weighted by atomic mass is 10.4. The summed E-state index contributed by atoms with van der Waals surface area (Å²) in [5, 5.41) is 8.69. The maximum atomic E-state index is 11.5. The summed E-state index contributed by atoms with van der Waals surface area (Å²) in [6, 6.07) is 10.0. The zero-order valence-electron chi connectivity index (χ0n) is 9.43. The molecule has 3 nitrogen and oxygen atoms in total. The molecule has 88 valence electrons. The molecule has 1 aromatic rings. The average molecular weight is 239 g/mol. The second kappa shape index (κ2) is 7.30. The van der Waals surface area contributed by atoms with Crippen LogP contribution in [0.5, 0.6) is 0 Å². The molecule has 0 bridgehead atoms. The molecule has 0 radical (unpaired) electrons. The molecule has 1 rings (SSSR count). The normalized spacial score (nSPS) is 10.1. The van der Waals surface area contributed by atoms with E-state index < -0.39 is 0 Å². The first-order chi connectivity index (χ1) is 7.74. The molecule has 0 heterocycles. The van der Waals surface area contributed by atoms with Crippen molar-refractivity contribution >= 4 is 17.7 Å². The topological polar surface area (TPSA) is 40.5 Å². The molecule has 1 N–H and O–H groups in total. The lowest BCUT2D eigenvalue weighted by Gasteiger charge is -2.15. The Bertz CT molecular complexity index is 316. The highest BCUT2D eigenvalue weighted by Gasteiger charge is 2.07. The molecule has 4 heteroatoms. The van der Waals surface area contributed by atoms with Crippen LogP contribution in [0.3, 0.4) is 0 Å². The summed E-state index contributed by atoms with van der Waals surface area (Å²) in [5.74, 6) is 0.857. The van der Waals surface area contributed by atoms with E-state index in [4.69, 9.17) is 5.11 Å². The van der Waals surface area contributed by atoms with Crippen LogP contribution in [-0.2, 0) is 4.79 Å². The highest BCUT2D eigenvalue weighted by molar-refractivity contribution is 7.99. The number of hydrogen-bond acceptors (Lipinski definition) is 3. The van der Waals surface area contributed by atoms with Crippen molar-refractivity contribution in [3.8, 4) is 0 Å². The number of rotatable bonds is 6. The summed E-state index contributed by atoms with van der Waals surface area (Å²) in [6.45, 7) is 0.433. The zero-order valence-corrected chi connectivity index (χ0v) is 10.2. The van der Waals surface area contributed by atoms with Gasteiger partial charge >= 0.3 is 0 Å². The second-order valence-electron chi connectivity index (χ2n) is 3.45. The summed E-state index contributed by atoms with van der Waals surface area (Å²) < 4.78 is 0. The van der Waals surface area contributed by atoms with Gasteiger partial charge < -0.3 is 10.0 Å². The number of amides is 1. The maximum Gasteiger partial charge on any atom is 0.223 e. The van der Waals surface area contributed by atoms with Crippen LogP contribution in [0.15, 0.2) is 35.2 Å². The molecule has 16 heavy (non-hydrogen) atoms. The van der Waals surface area contributed by atoms with E-state index in [-0.39, 0.29) is 12.5 Å². The minimum absolute atomic E-state index is 0.0219. The SMILES string of the molecule is CN(CCO)C(=O)CCSc1ccccc1. The number of thioether (sulfide) groups is 1. The Morgan fingerprint density at radius 3 is 2.69 bits per heavy atom. The Labute approximate surface area is 100 Å². The van der Waals surface area contributed by atoms with Crippen LogP contribution in [0, 0.1) is 0 Å². The number of aliphatic hydroxyl groups is 1. The standard InChI is InChI=1S/C12H17NO2S/c1-13(8-9-14)12(15)7-10-16-11-5-3-2-4-6-11/h2-6,14H,7-10H2,1H3. The number of aliphatic hydroxyl groups excluding tert-OH is 1. The van der Waals surface area contributed by atoms with Gasteiger partial charge in [-0.05, 0) is 12.1 Å². The number of carbonyl (C=O) groups excluding carboxylic acids is 1. The lowest BCUT2D eigenvalue weighted by molar-refractivity contribution is -0.129. The van der Waals surface area contributed by atoms with Gasteiger partial charge in [0.05, 0.1) is 6.61 Å². The Kier molecular flexibility index (Phi) is 5.96. The minimum atomic E-state index is 0.0219. The fourth-order valence-electron chi connectivity index (χ4n) is 1.24. The highest BCUT2D eigenvalue weighted by Crippen LogP contribution is 2.17. The molecule has 0 atom stereocenters. The third kappa shape index (κ3) is 4.68. The van der Waals surface area contributed by atoms with Crippen molar-refractivity contribution in [1.29, 1.82) is 0 Å². The molecular formula is C12H17NO2S. The van der Waals surface area contributed by atoms with E-state index in [1.54, 1.807) is 23.7 Å². The van der Waals surface area contributed by atoms with Gasteiger partial charge in [0.2, 0.25) is 5.91 Å². The predicted molar refractivity (Wildman–Crippen MR) is 66.5 cm³/mol. The number of benzene rings is 1. The molecule has 0 saturated heterocycles. The van der Waals surface area contributed by atoms with Gasteiger partial charge in [0.1, 0.15) is 0 Å². The predicted octanol–water partition coefficient (Wildman–Crippen LogP) is 1.62. The second-order valence-corrected chi connectivity index (χ2v) is 4.62. The van der Waals surface area contributed by atoms with E-state index in [0.717, 1.165) is 5.75 Å². The van der Waals surface area contributed by atoms with Gasteiger partial charge in [0, 0.05) is 30.7 Å². The van der Waals surface area contributed by atoms with Crippen LogP contribution >= 0.6 is 11.8 Å². The van der Waals surface area contributed by atoms with Gasteiger partial charge in [0.25, 0.3) is 0 Å². The number of nitrogens with zero attached hydrogens (tertiary/aromatic N) is 1. The molecule has 0 aliphatic rings. The molecule has 0 aromatic heterocycles. The molecule has 0 aliphatic heterocycles. The van der Waals surface area contributed by atoms with Crippen molar-refractivity contribution in [2.75, 3.05) is 26.0 Å². The summed E-state index contributed by atoms with van der Waals surface area (Å²) in [4.78, 5) is 14.3. The van der Waals surface area contributed by atoms with Crippen LogP contribution in [-0.4, -0.2) is 41.9 Å². The Hall–Kier alpha value is -1.00. The molecular weight excluding hydrogens is 222 g/mol. The molecule has 0 fully saturated rings. The van der Waals surface area contributed by atoms with E-state index in [9.17, 15) is 4.79 Å². The average Bonchev–Trinajstić information content (AvgIpc) is 2.30. The summed E-state index contributed by atoms with van der Waals surface area (Å²) >= 11 is 1.67. The van der Waals surface area contributed by atoms with Crippen LogP contribution in [0.4, 0.5) is 0 Å². The van der Waals surface area contributed by atoms with Gasteiger partial charge in [-0.1, -0.05) is 18.2 Å². The first-order valence-electron chi connectivity index (χ1n) is 5.26. The van der Waals surface area contributed by atoms with Gasteiger partial charge in [-0.2, -0.15) is 0 Å².